The van der Waals surface area contributed by atoms with E-state index in [9.17, 15) is 4.21 Å². The summed E-state index contributed by atoms with van der Waals surface area (Å²) in [6.45, 7) is 4.42. The average Bonchev–Trinajstić information content (AvgIpc) is 2.28. The molecule has 1 fully saturated rings. The van der Waals surface area contributed by atoms with E-state index >= 15 is 0 Å². The number of rotatable bonds is 2. The topological polar surface area (TPSA) is 43.1 Å². The summed E-state index contributed by atoms with van der Waals surface area (Å²) in [4.78, 5) is 0.911. The Bertz CT molecular complexity index is 380. The van der Waals surface area contributed by atoms with Crippen LogP contribution in [0.4, 0.5) is 0 Å². The average molecular weight is 251 g/mol. The summed E-state index contributed by atoms with van der Waals surface area (Å²) in [5.41, 5.74) is 6.21. The third-order valence-electron chi connectivity index (χ3n) is 3.65. The summed E-state index contributed by atoms with van der Waals surface area (Å²) < 4.78 is 12.6. The van der Waals surface area contributed by atoms with E-state index in [1.165, 1.54) is 0 Å². The zero-order valence-electron chi connectivity index (χ0n) is 10.5. The van der Waals surface area contributed by atoms with Gasteiger partial charge in [0.1, 0.15) is 0 Å². The summed E-state index contributed by atoms with van der Waals surface area (Å²) >= 11 is 0. The predicted octanol–water partition coefficient (Wildman–Crippen LogP) is 2.56. The lowest BCUT2D eigenvalue weighted by Gasteiger charge is -2.36. The van der Waals surface area contributed by atoms with Crippen LogP contribution in [0.25, 0.3) is 0 Å². The SMILES string of the molecule is CC1CC(C)C(S(=O)c2ccccc2)C(N)C1. The van der Waals surface area contributed by atoms with Gasteiger partial charge in [-0.25, -0.2) is 0 Å². The van der Waals surface area contributed by atoms with E-state index in [2.05, 4.69) is 13.8 Å². The fraction of sp³-hybridized carbons (Fsp3) is 0.571. The first kappa shape index (κ1) is 12.8. The molecule has 0 heterocycles. The lowest BCUT2D eigenvalue weighted by Crippen LogP contribution is -2.47. The molecular formula is C14H21NOS. The first-order valence-electron chi connectivity index (χ1n) is 6.30. The second kappa shape index (κ2) is 5.32. The minimum Gasteiger partial charge on any atom is -0.327 e. The van der Waals surface area contributed by atoms with E-state index in [0.29, 0.717) is 11.8 Å². The molecule has 2 N–H and O–H groups in total. The second-order valence-electron chi connectivity index (χ2n) is 5.29. The van der Waals surface area contributed by atoms with Gasteiger partial charge in [0.2, 0.25) is 0 Å². The van der Waals surface area contributed by atoms with Gasteiger partial charge in [0.25, 0.3) is 0 Å². The van der Waals surface area contributed by atoms with Crippen LogP contribution in [0.2, 0.25) is 0 Å². The van der Waals surface area contributed by atoms with Gasteiger partial charge >= 0.3 is 0 Å². The Hall–Kier alpha value is -0.670. The Morgan fingerprint density at radius 2 is 1.82 bits per heavy atom. The van der Waals surface area contributed by atoms with Crippen LogP contribution in [0.3, 0.4) is 0 Å². The molecule has 2 nitrogen and oxygen atoms in total. The van der Waals surface area contributed by atoms with E-state index in [1.54, 1.807) is 0 Å². The number of nitrogens with two attached hydrogens (primary N) is 1. The summed E-state index contributed by atoms with van der Waals surface area (Å²) in [7, 11) is -0.970. The standard InChI is InChI=1S/C14H21NOS/c1-10-8-11(2)14(13(15)9-10)17(16)12-6-4-3-5-7-12/h3-7,10-11,13-14H,8-9,15H2,1-2H3. The van der Waals surface area contributed by atoms with Gasteiger partial charge in [-0.1, -0.05) is 32.0 Å². The van der Waals surface area contributed by atoms with Crippen LogP contribution >= 0.6 is 0 Å². The summed E-state index contributed by atoms with van der Waals surface area (Å²) in [6.07, 6.45) is 2.13. The van der Waals surface area contributed by atoms with Gasteiger partial charge in [-0.2, -0.15) is 0 Å². The highest BCUT2D eigenvalue weighted by molar-refractivity contribution is 7.85. The van der Waals surface area contributed by atoms with Crippen molar-refractivity contribution in [1.29, 1.82) is 0 Å². The second-order valence-corrected chi connectivity index (χ2v) is 6.90. The maximum absolute atomic E-state index is 12.6. The van der Waals surface area contributed by atoms with Gasteiger partial charge in [0, 0.05) is 10.9 Å². The molecule has 0 bridgehead atoms. The molecule has 94 valence electrons. The van der Waals surface area contributed by atoms with E-state index in [0.717, 1.165) is 17.7 Å². The van der Waals surface area contributed by atoms with Crippen LogP contribution in [0, 0.1) is 11.8 Å². The third kappa shape index (κ3) is 2.78. The summed E-state index contributed by atoms with van der Waals surface area (Å²) in [6, 6.07) is 9.77. The van der Waals surface area contributed by atoms with Crippen molar-refractivity contribution in [3.05, 3.63) is 30.3 Å². The van der Waals surface area contributed by atoms with Crippen molar-refractivity contribution < 1.29 is 4.21 Å². The molecule has 1 aliphatic carbocycles. The van der Waals surface area contributed by atoms with E-state index in [-0.39, 0.29) is 11.3 Å². The van der Waals surface area contributed by atoms with Crippen molar-refractivity contribution in [2.45, 2.75) is 42.9 Å². The van der Waals surface area contributed by atoms with Crippen molar-refractivity contribution in [3.8, 4) is 0 Å². The fourth-order valence-corrected chi connectivity index (χ4v) is 4.67. The number of benzene rings is 1. The van der Waals surface area contributed by atoms with E-state index < -0.39 is 10.8 Å². The maximum atomic E-state index is 12.6. The number of hydrogen-bond acceptors (Lipinski definition) is 2. The minimum absolute atomic E-state index is 0.0646. The summed E-state index contributed by atoms with van der Waals surface area (Å²) in [5.74, 6) is 1.10. The Morgan fingerprint density at radius 3 is 2.41 bits per heavy atom. The molecule has 0 saturated heterocycles. The summed E-state index contributed by atoms with van der Waals surface area (Å²) in [5, 5.41) is 0.105. The van der Waals surface area contributed by atoms with Crippen molar-refractivity contribution in [2.24, 2.45) is 17.6 Å². The van der Waals surface area contributed by atoms with Crippen LogP contribution < -0.4 is 5.73 Å². The molecule has 0 aromatic heterocycles. The van der Waals surface area contributed by atoms with Gasteiger partial charge in [-0.05, 0) is 36.8 Å². The Morgan fingerprint density at radius 1 is 1.18 bits per heavy atom. The van der Waals surface area contributed by atoms with Crippen LogP contribution in [0.5, 0.6) is 0 Å². The van der Waals surface area contributed by atoms with Gasteiger partial charge in [0.15, 0.2) is 0 Å². The monoisotopic (exact) mass is 251 g/mol. The van der Waals surface area contributed by atoms with E-state index in [4.69, 9.17) is 5.73 Å². The zero-order chi connectivity index (χ0) is 12.4. The first-order valence-corrected chi connectivity index (χ1v) is 7.52. The lowest BCUT2D eigenvalue weighted by atomic mass is 9.80. The molecule has 1 aromatic rings. The molecule has 1 aromatic carbocycles. The Kier molecular flexibility index (Phi) is 4.00. The highest BCUT2D eigenvalue weighted by atomic mass is 32.2. The van der Waals surface area contributed by atoms with Gasteiger partial charge < -0.3 is 5.73 Å². The van der Waals surface area contributed by atoms with Crippen LogP contribution in [-0.2, 0) is 10.8 Å². The smallest absolute Gasteiger partial charge is 0.0579 e. The Labute approximate surface area is 106 Å². The largest absolute Gasteiger partial charge is 0.327 e. The molecule has 3 heteroatoms. The fourth-order valence-electron chi connectivity index (χ4n) is 2.97. The molecule has 1 saturated carbocycles. The normalized spacial score (nSPS) is 35.5. The van der Waals surface area contributed by atoms with Crippen molar-refractivity contribution in [1.82, 2.24) is 0 Å². The molecule has 5 unspecified atom stereocenters. The highest BCUT2D eigenvalue weighted by Gasteiger charge is 2.36. The molecule has 17 heavy (non-hydrogen) atoms. The van der Waals surface area contributed by atoms with Crippen molar-refractivity contribution in [3.63, 3.8) is 0 Å². The van der Waals surface area contributed by atoms with Crippen LogP contribution in [-0.4, -0.2) is 15.5 Å². The van der Waals surface area contributed by atoms with Gasteiger partial charge in [-0.3, -0.25) is 4.21 Å². The quantitative estimate of drug-likeness (QED) is 0.878. The van der Waals surface area contributed by atoms with Gasteiger partial charge in [-0.15, -0.1) is 0 Å². The van der Waals surface area contributed by atoms with E-state index in [1.807, 2.05) is 30.3 Å². The molecule has 0 aliphatic heterocycles. The van der Waals surface area contributed by atoms with Crippen LogP contribution in [0.1, 0.15) is 26.7 Å². The zero-order valence-corrected chi connectivity index (χ0v) is 11.3. The molecular weight excluding hydrogens is 230 g/mol. The Balaban J connectivity index is 2.19. The molecule has 2 rings (SSSR count). The lowest BCUT2D eigenvalue weighted by molar-refractivity contribution is 0.275. The minimum atomic E-state index is -0.970. The molecule has 5 atom stereocenters. The third-order valence-corrected chi connectivity index (χ3v) is 5.70. The molecule has 0 spiro atoms. The van der Waals surface area contributed by atoms with Crippen molar-refractivity contribution >= 4 is 10.8 Å². The molecule has 0 radical (unpaired) electrons. The first-order chi connectivity index (χ1) is 8.09. The predicted molar refractivity (Wildman–Crippen MR) is 72.2 cm³/mol. The highest BCUT2D eigenvalue weighted by Crippen LogP contribution is 2.33. The maximum Gasteiger partial charge on any atom is 0.0579 e. The molecule has 0 amide bonds. The molecule has 1 aliphatic rings. The number of hydrogen-bond donors (Lipinski definition) is 1. The van der Waals surface area contributed by atoms with Crippen molar-refractivity contribution in [2.75, 3.05) is 0 Å². The van der Waals surface area contributed by atoms with Gasteiger partial charge in [0.05, 0.1) is 16.0 Å². The van der Waals surface area contributed by atoms with Crippen LogP contribution in [0.15, 0.2) is 35.2 Å².